The van der Waals surface area contributed by atoms with E-state index in [4.69, 9.17) is 5.73 Å². The Morgan fingerprint density at radius 2 is 2.33 bits per heavy atom. The Balaban J connectivity index is 2.00. The second-order valence-electron chi connectivity index (χ2n) is 4.34. The average molecular weight is 267 g/mol. The third kappa shape index (κ3) is 3.49. The molecule has 0 radical (unpaired) electrons. The minimum atomic E-state index is 0.0166. The van der Waals surface area contributed by atoms with Crippen LogP contribution in [0.4, 0.5) is 11.6 Å². The van der Waals surface area contributed by atoms with E-state index in [2.05, 4.69) is 15.3 Å². The Hall–Kier alpha value is -1.50. The molecule has 7 heteroatoms. The van der Waals surface area contributed by atoms with Crippen LogP contribution in [0.2, 0.25) is 0 Å². The molecule has 1 fully saturated rings. The molecule has 2 rings (SSSR count). The number of nitrogens with one attached hydrogen (secondary N) is 1. The van der Waals surface area contributed by atoms with Crippen LogP contribution < -0.4 is 16.0 Å². The maximum Gasteiger partial charge on any atom is 0.239 e. The fraction of sp³-hybridized carbons (Fsp3) is 0.545. The number of likely N-dealkylation sites (N-methyl/N-ethyl adjacent to an activating group) is 1. The molecule has 98 valence electrons. The van der Waals surface area contributed by atoms with Crippen LogP contribution in [0.1, 0.15) is 12.8 Å². The maximum atomic E-state index is 11.7. The van der Waals surface area contributed by atoms with E-state index in [0.29, 0.717) is 22.8 Å². The van der Waals surface area contributed by atoms with Crippen LogP contribution in [0, 0.1) is 0 Å². The Morgan fingerprint density at radius 3 is 2.94 bits per heavy atom. The van der Waals surface area contributed by atoms with Crippen molar-refractivity contribution in [2.45, 2.75) is 24.0 Å². The molecule has 1 heterocycles. The van der Waals surface area contributed by atoms with Crippen molar-refractivity contribution in [2.75, 3.05) is 30.5 Å². The lowest BCUT2D eigenvalue weighted by Gasteiger charge is -2.18. The van der Waals surface area contributed by atoms with Gasteiger partial charge in [-0.05, 0) is 19.1 Å². The first-order valence-electron chi connectivity index (χ1n) is 5.77. The van der Waals surface area contributed by atoms with Gasteiger partial charge >= 0.3 is 0 Å². The van der Waals surface area contributed by atoms with Crippen LogP contribution in [0.3, 0.4) is 0 Å². The quantitative estimate of drug-likeness (QED) is 0.597. The Labute approximate surface area is 110 Å². The molecule has 6 nitrogen and oxygen atoms in total. The third-order valence-corrected chi connectivity index (χ3v) is 3.16. The van der Waals surface area contributed by atoms with Crippen molar-refractivity contribution in [1.82, 2.24) is 15.3 Å². The largest absolute Gasteiger partial charge is 0.383 e. The number of hydrogen-bond donors (Lipinski definition) is 2. The predicted octanol–water partition coefficient (Wildman–Crippen LogP) is 0.495. The molecule has 1 aromatic heterocycles. The Morgan fingerprint density at radius 1 is 1.61 bits per heavy atom. The van der Waals surface area contributed by atoms with Crippen LogP contribution in [-0.2, 0) is 4.79 Å². The van der Waals surface area contributed by atoms with Crippen molar-refractivity contribution in [3.05, 3.63) is 6.07 Å². The van der Waals surface area contributed by atoms with Crippen LogP contribution in [0.5, 0.6) is 0 Å². The molecule has 1 aromatic rings. The highest BCUT2D eigenvalue weighted by Gasteiger charge is 2.23. The maximum absolute atomic E-state index is 11.7. The summed E-state index contributed by atoms with van der Waals surface area (Å²) < 4.78 is 0. The summed E-state index contributed by atoms with van der Waals surface area (Å²) in [6.45, 7) is 0.279. The number of amides is 1. The van der Waals surface area contributed by atoms with Gasteiger partial charge in [0.25, 0.3) is 0 Å². The number of hydrogen-bond acceptors (Lipinski definition) is 6. The van der Waals surface area contributed by atoms with E-state index >= 15 is 0 Å². The fourth-order valence-corrected chi connectivity index (χ4v) is 1.90. The summed E-state index contributed by atoms with van der Waals surface area (Å²) >= 11 is 1.42. The average Bonchev–Trinajstić information content (AvgIpc) is 3.11. The van der Waals surface area contributed by atoms with Crippen LogP contribution in [0.25, 0.3) is 0 Å². The van der Waals surface area contributed by atoms with Gasteiger partial charge in [0.05, 0.1) is 6.54 Å². The highest BCUT2D eigenvalue weighted by Crippen LogP contribution is 2.19. The van der Waals surface area contributed by atoms with Crippen LogP contribution in [0.15, 0.2) is 11.2 Å². The van der Waals surface area contributed by atoms with Gasteiger partial charge in [0.2, 0.25) is 5.91 Å². The minimum Gasteiger partial charge on any atom is -0.383 e. The van der Waals surface area contributed by atoms with Crippen molar-refractivity contribution in [2.24, 2.45) is 0 Å². The van der Waals surface area contributed by atoms with Crippen LogP contribution in [-0.4, -0.2) is 41.8 Å². The molecule has 1 aliphatic rings. The van der Waals surface area contributed by atoms with Crippen molar-refractivity contribution < 1.29 is 4.79 Å². The van der Waals surface area contributed by atoms with E-state index < -0.39 is 0 Å². The van der Waals surface area contributed by atoms with Gasteiger partial charge in [-0.25, -0.2) is 9.97 Å². The van der Waals surface area contributed by atoms with Crippen molar-refractivity contribution in [3.63, 3.8) is 0 Å². The molecule has 18 heavy (non-hydrogen) atoms. The number of carbonyl (C=O) groups is 1. The topological polar surface area (TPSA) is 84.1 Å². The van der Waals surface area contributed by atoms with Gasteiger partial charge in [-0.1, -0.05) is 11.8 Å². The Bertz CT molecular complexity index is 449. The van der Waals surface area contributed by atoms with Crippen molar-refractivity contribution in [3.8, 4) is 0 Å². The smallest absolute Gasteiger partial charge is 0.239 e. The molecule has 0 bridgehead atoms. The summed E-state index contributed by atoms with van der Waals surface area (Å²) in [5.41, 5.74) is 5.70. The highest BCUT2D eigenvalue weighted by atomic mass is 32.2. The number of nitrogens with zero attached hydrogens (tertiary/aromatic N) is 3. The minimum absolute atomic E-state index is 0.0166. The highest BCUT2D eigenvalue weighted by molar-refractivity contribution is 7.98. The number of carbonyl (C=O) groups excluding carboxylic acids is 1. The van der Waals surface area contributed by atoms with Gasteiger partial charge in [-0.15, -0.1) is 0 Å². The Kier molecular flexibility index (Phi) is 3.90. The second kappa shape index (κ2) is 5.43. The first kappa shape index (κ1) is 12.9. The molecule has 0 atom stereocenters. The number of rotatable bonds is 5. The zero-order chi connectivity index (χ0) is 13.1. The molecule has 1 amide bonds. The standard InChI is InChI=1S/C11H17N5OS/c1-16(6-10(17)13-7-3-4-7)9-5-8(12)14-11(15-9)18-2/h5,7H,3-4,6H2,1-2H3,(H,13,17)(H2,12,14,15). The van der Waals surface area contributed by atoms with E-state index in [1.165, 1.54) is 11.8 Å². The van der Waals surface area contributed by atoms with E-state index in [9.17, 15) is 4.79 Å². The summed E-state index contributed by atoms with van der Waals surface area (Å²) in [4.78, 5) is 21.8. The van der Waals surface area contributed by atoms with Crippen molar-refractivity contribution >= 4 is 29.3 Å². The van der Waals surface area contributed by atoms with E-state index in [0.717, 1.165) is 12.8 Å². The molecule has 0 spiro atoms. The molecule has 0 saturated heterocycles. The van der Waals surface area contributed by atoms with Gasteiger partial charge in [-0.3, -0.25) is 4.79 Å². The molecule has 3 N–H and O–H groups in total. The second-order valence-corrected chi connectivity index (χ2v) is 5.11. The van der Waals surface area contributed by atoms with E-state index in [-0.39, 0.29) is 12.5 Å². The summed E-state index contributed by atoms with van der Waals surface area (Å²) in [6, 6.07) is 2.05. The molecule has 0 aliphatic heterocycles. The fourth-order valence-electron chi connectivity index (χ4n) is 1.51. The van der Waals surface area contributed by atoms with E-state index in [1.807, 2.05) is 13.3 Å². The molecule has 0 aromatic carbocycles. The normalized spacial score (nSPS) is 14.3. The van der Waals surface area contributed by atoms with Gasteiger partial charge in [-0.2, -0.15) is 0 Å². The first-order chi connectivity index (χ1) is 8.58. The van der Waals surface area contributed by atoms with Gasteiger partial charge in [0.1, 0.15) is 11.6 Å². The number of anilines is 2. The molecule has 0 unspecified atom stereocenters. The van der Waals surface area contributed by atoms with Gasteiger partial charge < -0.3 is 16.0 Å². The molecular formula is C11H17N5OS. The first-order valence-corrected chi connectivity index (χ1v) is 7.00. The number of nitrogens with two attached hydrogens (primary N) is 1. The number of aromatic nitrogens is 2. The summed E-state index contributed by atoms with van der Waals surface area (Å²) in [5.74, 6) is 1.10. The lowest BCUT2D eigenvalue weighted by atomic mass is 10.4. The van der Waals surface area contributed by atoms with E-state index in [1.54, 1.807) is 11.0 Å². The number of thioether (sulfide) groups is 1. The molecule has 1 aliphatic carbocycles. The lowest BCUT2D eigenvalue weighted by Crippen LogP contribution is -2.36. The number of nitrogen functional groups attached to an aromatic ring is 1. The molecule has 1 saturated carbocycles. The lowest BCUT2D eigenvalue weighted by molar-refractivity contribution is -0.119. The van der Waals surface area contributed by atoms with Crippen LogP contribution >= 0.6 is 11.8 Å². The zero-order valence-electron chi connectivity index (χ0n) is 10.5. The third-order valence-electron chi connectivity index (χ3n) is 2.61. The summed E-state index contributed by atoms with van der Waals surface area (Å²) in [6.07, 6.45) is 4.07. The predicted molar refractivity (Wildman–Crippen MR) is 72.7 cm³/mol. The monoisotopic (exact) mass is 267 g/mol. The summed E-state index contributed by atoms with van der Waals surface area (Å²) in [7, 11) is 1.82. The van der Waals surface area contributed by atoms with Gasteiger partial charge in [0.15, 0.2) is 5.16 Å². The summed E-state index contributed by atoms with van der Waals surface area (Å²) in [5, 5.41) is 3.55. The van der Waals surface area contributed by atoms with Crippen molar-refractivity contribution in [1.29, 1.82) is 0 Å². The SMILES string of the molecule is CSc1nc(N)cc(N(C)CC(=O)NC2CC2)n1. The van der Waals surface area contributed by atoms with Gasteiger partial charge in [0, 0.05) is 19.2 Å². The zero-order valence-corrected chi connectivity index (χ0v) is 11.3. The molecular weight excluding hydrogens is 250 g/mol.